The van der Waals surface area contributed by atoms with Gasteiger partial charge in [-0.25, -0.2) is 4.79 Å². The van der Waals surface area contributed by atoms with E-state index >= 15 is 0 Å². The van der Waals surface area contributed by atoms with E-state index in [1.54, 1.807) is 0 Å². The summed E-state index contributed by atoms with van der Waals surface area (Å²) >= 11 is 0. The van der Waals surface area contributed by atoms with Gasteiger partial charge in [0, 0.05) is 12.1 Å². The Morgan fingerprint density at radius 2 is 2.08 bits per heavy atom. The number of hydrogen-bond acceptors (Lipinski definition) is 2. The lowest BCUT2D eigenvalue weighted by Crippen LogP contribution is -2.22. The van der Waals surface area contributed by atoms with E-state index in [0.717, 1.165) is 18.5 Å². The van der Waals surface area contributed by atoms with Crippen LogP contribution >= 0.6 is 0 Å². The Labute approximate surface area is 76.4 Å². The third kappa shape index (κ3) is 1.61. The summed E-state index contributed by atoms with van der Waals surface area (Å²) in [5.41, 5.74) is 2.82. The number of benzene rings is 1. The number of rotatable bonds is 0. The van der Waals surface area contributed by atoms with Crippen molar-refractivity contribution in [3.63, 3.8) is 0 Å². The van der Waals surface area contributed by atoms with E-state index in [1.807, 2.05) is 30.2 Å². The van der Waals surface area contributed by atoms with E-state index in [0.29, 0.717) is 5.70 Å². The second-order valence-corrected chi connectivity index (χ2v) is 2.81. The minimum atomic E-state index is 0. The van der Waals surface area contributed by atoms with Gasteiger partial charge < -0.3 is 10.8 Å². The molecular formula is C10H11NO2. The van der Waals surface area contributed by atoms with Crippen molar-refractivity contribution in [1.29, 1.82) is 0 Å². The summed E-state index contributed by atoms with van der Waals surface area (Å²) in [6.07, 6.45) is 0.987. The summed E-state index contributed by atoms with van der Waals surface area (Å²) < 4.78 is 0. The zero-order valence-electron chi connectivity index (χ0n) is 7.13. The maximum atomic E-state index is 10.5. The lowest BCUT2D eigenvalue weighted by Gasteiger charge is -2.17. The second-order valence-electron chi connectivity index (χ2n) is 2.81. The average Bonchev–Trinajstić information content (AvgIpc) is 2.17. The fourth-order valence-corrected chi connectivity index (χ4v) is 1.49. The molecule has 1 aliphatic heterocycles. The van der Waals surface area contributed by atoms with Crippen LogP contribution in [0.3, 0.4) is 0 Å². The van der Waals surface area contributed by atoms with Gasteiger partial charge in [0.15, 0.2) is 5.94 Å². The molecule has 1 heterocycles. The first-order valence-corrected chi connectivity index (χ1v) is 3.99. The minimum absolute atomic E-state index is 0. The highest BCUT2D eigenvalue weighted by molar-refractivity contribution is 5.88. The predicted molar refractivity (Wildman–Crippen MR) is 50.9 cm³/mol. The van der Waals surface area contributed by atoms with E-state index < -0.39 is 0 Å². The summed E-state index contributed by atoms with van der Waals surface area (Å²) in [6, 6.07) is 7.92. The smallest absolute Gasteiger partial charge is 0.150 e. The first-order valence-electron chi connectivity index (χ1n) is 3.99. The molecule has 3 nitrogen and oxygen atoms in total. The first kappa shape index (κ1) is 9.52. The number of hydrogen-bond donors (Lipinski definition) is 1. The second kappa shape index (κ2) is 3.90. The Morgan fingerprint density at radius 1 is 1.31 bits per heavy atom. The molecule has 68 valence electrons. The van der Waals surface area contributed by atoms with Gasteiger partial charge in [-0.15, -0.1) is 0 Å². The summed E-state index contributed by atoms with van der Waals surface area (Å²) in [6.45, 7) is 0.835. The molecule has 1 aliphatic rings. The van der Waals surface area contributed by atoms with Crippen LogP contribution in [0, 0.1) is 0 Å². The summed E-state index contributed by atoms with van der Waals surface area (Å²) in [5, 5.41) is 3.02. The SMILES string of the molecule is O.O=C=C1NCCc2ccccc21. The highest BCUT2D eigenvalue weighted by Gasteiger charge is 2.12. The van der Waals surface area contributed by atoms with Crippen molar-refractivity contribution in [3.05, 3.63) is 35.4 Å². The molecule has 0 unspecified atom stereocenters. The normalized spacial score (nSPS) is 13.4. The van der Waals surface area contributed by atoms with Gasteiger partial charge in [-0.3, -0.25) is 0 Å². The predicted octanol–water partition coefficient (Wildman–Crippen LogP) is 0.180. The molecule has 0 fully saturated rings. The third-order valence-corrected chi connectivity index (χ3v) is 2.08. The van der Waals surface area contributed by atoms with Crippen molar-refractivity contribution < 1.29 is 10.3 Å². The molecule has 0 aromatic heterocycles. The highest BCUT2D eigenvalue weighted by Crippen LogP contribution is 2.18. The van der Waals surface area contributed by atoms with E-state index in [1.165, 1.54) is 5.56 Å². The van der Waals surface area contributed by atoms with E-state index in [2.05, 4.69) is 5.32 Å². The van der Waals surface area contributed by atoms with Gasteiger partial charge in [0.25, 0.3) is 0 Å². The molecule has 2 rings (SSSR count). The van der Waals surface area contributed by atoms with Crippen LogP contribution in [0.4, 0.5) is 0 Å². The van der Waals surface area contributed by atoms with Crippen LogP contribution in [0.15, 0.2) is 24.3 Å². The quantitative estimate of drug-likeness (QED) is 0.574. The lowest BCUT2D eigenvalue weighted by atomic mass is 9.99. The van der Waals surface area contributed by atoms with Crippen LogP contribution in [0.25, 0.3) is 5.70 Å². The Balaban J connectivity index is 0.000000845. The Morgan fingerprint density at radius 3 is 2.85 bits per heavy atom. The molecular weight excluding hydrogens is 166 g/mol. The third-order valence-electron chi connectivity index (χ3n) is 2.08. The van der Waals surface area contributed by atoms with Gasteiger partial charge in [-0.1, -0.05) is 24.3 Å². The molecule has 0 saturated heterocycles. The summed E-state index contributed by atoms with van der Waals surface area (Å²) in [4.78, 5) is 10.5. The standard InChI is InChI=1S/C10H9NO.H2O/c12-7-10-9-4-2-1-3-8(9)5-6-11-10;/h1-4,11H,5-6H2;1H2. The minimum Gasteiger partial charge on any atom is -0.412 e. The van der Waals surface area contributed by atoms with E-state index in [4.69, 9.17) is 0 Å². The van der Waals surface area contributed by atoms with Crippen LogP contribution in [0.5, 0.6) is 0 Å². The lowest BCUT2D eigenvalue weighted by molar-refractivity contribution is 0.568. The van der Waals surface area contributed by atoms with Crippen molar-refractivity contribution in [1.82, 2.24) is 5.32 Å². The molecule has 0 atom stereocenters. The molecule has 13 heavy (non-hydrogen) atoms. The van der Waals surface area contributed by atoms with Crippen LogP contribution < -0.4 is 5.32 Å². The van der Waals surface area contributed by atoms with E-state index in [9.17, 15) is 4.79 Å². The average molecular weight is 177 g/mol. The maximum Gasteiger partial charge on any atom is 0.150 e. The van der Waals surface area contributed by atoms with Gasteiger partial charge in [0.05, 0.1) is 0 Å². The van der Waals surface area contributed by atoms with E-state index in [-0.39, 0.29) is 5.48 Å². The zero-order valence-corrected chi connectivity index (χ0v) is 7.13. The largest absolute Gasteiger partial charge is 0.412 e. The molecule has 3 N–H and O–H groups in total. The van der Waals surface area contributed by atoms with Gasteiger partial charge in [0.2, 0.25) is 0 Å². The molecule has 0 aliphatic carbocycles. The number of fused-ring (bicyclic) bond motifs is 1. The van der Waals surface area contributed by atoms with Gasteiger partial charge >= 0.3 is 0 Å². The first-order chi connectivity index (χ1) is 5.92. The Kier molecular flexibility index (Phi) is 2.85. The molecule has 0 radical (unpaired) electrons. The highest BCUT2D eigenvalue weighted by atomic mass is 16.1. The van der Waals surface area contributed by atoms with Crippen molar-refractivity contribution in [2.24, 2.45) is 0 Å². The molecule has 3 heteroatoms. The number of nitrogens with one attached hydrogen (secondary N) is 1. The molecule has 0 saturated carbocycles. The molecule has 0 amide bonds. The van der Waals surface area contributed by atoms with Gasteiger partial charge in [-0.2, -0.15) is 0 Å². The Bertz CT molecular complexity index is 354. The molecule has 1 aromatic rings. The molecule has 0 bridgehead atoms. The fraction of sp³-hybridized carbons (Fsp3) is 0.200. The van der Waals surface area contributed by atoms with Crippen LogP contribution in [0.1, 0.15) is 11.1 Å². The summed E-state index contributed by atoms with van der Waals surface area (Å²) in [5.74, 6) is 1.92. The van der Waals surface area contributed by atoms with Crippen molar-refractivity contribution in [2.45, 2.75) is 6.42 Å². The van der Waals surface area contributed by atoms with Crippen LogP contribution in [0.2, 0.25) is 0 Å². The fourth-order valence-electron chi connectivity index (χ4n) is 1.49. The number of carbonyl (C=O) groups excluding carboxylic acids is 1. The summed E-state index contributed by atoms with van der Waals surface area (Å²) in [7, 11) is 0. The Hall–Kier alpha value is -1.57. The topological polar surface area (TPSA) is 60.6 Å². The van der Waals surface area contributed by atoms with Crippen LogP contribution in [-0.4, -0.2) is 18.0 Å². The zero-order chi connectivity index (χ0) is 8.39. The van der Waals surface area contributed by atoms with Crippen LogP contribution in [-0.2, 0) is 11.2 Å². The van der Waals surface area contributed by atoms with Crippen molar-refractivity contribution >= 4 is 11.6 Å². The van der Waals surface area contributed by atoms with Gasteiger partial charge in [-0.05, 0) is 12.0 Å². The van der Waals surface area contributed by atoms with Crippen molar-refractivity contribution in [3.8, 4) is 0 Å². The molecule has 0 spiro atoms. The van der Waals surface area contributed by atoms with Gasteiger partial charge in [0.1, 0.15) is 5.70 Å². The molecule has 1 aromatic carbocycles. The monoisotopic (exact) mass is 177 g/mol. The maximum absolute atomic E-state index is 10.5. The van der Waals surface area contributed by atoms with Crippen molar-refractivity contribution in [2.75, 3.05) is 6.54 Å².